The zero-order valence-electron chi connectivity index (χ0n) is 17.7. The molecule has 33 heavy (non-hydrogen) atoms. The van der Waals surface area contributed by atoms with Gasteiger partial charge in [-0.2, -0.15) is 18.3 Å². The summed E-state index contributed by atoms with van der Waals surface area (Å²) in [6.45, 7) is 4.18. The van der Waals surface area contributed by atoms with Gasteiger partial charge in [-0.05, 0) is 47.3 Å². The molecule has 2 aromatic carbocycles. The van der Waals surface area contributed by atoms with Gasteiger partial charge in [0, 0.05) is 27.1 Å². The van der Waals surface area contributed by atoms with Crippen molar-refractivity contribution >= 4 is 40.7 Å². The van der Waals surface area contributed by atoms with Crippen molar-refractivity contribution in [3.63, 3.8) is 0 Å². The van der Waals surface area contributed by atoms with Gasteiger partial charge >= 0.3 is 57.6 Å². The number of aromatic nitrogens is 3. The first kappa shape index (κ1) is 26.0. The Morgan fingerprint density at radius 2 is 1.85 bits per heavy atom. The number of hydrogen-bond donors (Lipinski definition) is 0. The van der Waals surface area contributed by atoms with Crippen molar-refractivity contribution < 1.29 is 73.3 Å². The van der Waals surface area contributed by atoms with Gasteiger partial charge in [-0.15, -0.1) is 11.3 Å². The Labute approximate surface area is 232 Å². The van der Waals surface area contributed by atoms with Crippen molar-refractivity contribution in [2.45, 2.75) is 25.6 Å². The van der Waals surface area contributed by atoms with E-state index in [0.29, 0.717) is 27.7 Å². The Morgan fingerprint density at radius 1 is 1.12 bits per heavy atom. The van der Waals surface area contributed by atoms with Crippen LogP contribution in [-0.2, 0) is 18.6 Å². The summed E-state index contributed by atoms with van der Waals surface area (Å²) in [4.78, 5) is 3.96. The molecule has 0 saturated heterocycles. The summed E-state index contributed by atoms with van der Waals surface area (Å²) in [7, 11) is 0. The van der Waals surface area contributed by atoms with Crippen LogP contribution in [0.3, 0.4) is 0 Å². The number of alkyl halides is 5. The molecule has 0 aliphatic heterocycles. The Bertz CT molecular complexity index is 1420. The molecule has 0 spiro atoms. The van der Waals surface area contributed by atoms with Gasteiger partial charge in [0.2, 0.25) is 0 Å². The number of benzene rings is 2. The van der Waals surface area contributed by atoms with Crippen LogP contribution in [0.4, 0.5) is 27.8 Å². The fourth-order valence-electron chi connectivity index (χ4n) is 3.41. The molecular weight excluding hydrogens is 486 g/mol. The maximum atomic E-state index is 14.1. The van der Waals surface area contributed by atoms with Crippen molar-refractivity contribution in [2.75, 3.05) is 0 Å². The van der Waals surface area contributed by atoms with E-state index >= 15 is 0 Å². The van der Waals surface area contributed by atoms with E-state index in [0.717, 1.165) is 23.1 Å². The number of rotatable bonds is 4. The number of thiazole rings is 1. The standard InChI is InChI=1S/C22H16F5N4S.K/c1-12-30-20(28)19(32-12)8-13-3-6-18-15(7-13)10-29-31(18)11-14-4-5-16(22(25,26)27)9-17(14)21(2,23)24;/h3-10H,1,11H2,2H3,(H-,28,30);/q-1;+1/b19-8-;. The minimum Gasteiger partial charge on any atom is -0.481 e. The quantitative estimate of drug-likeness (QED) is 0.318. The van der Waals surface area contributed by atoms with Crippen LogP contribution in [-0.4, -0.2) is 14.8 Å². The topological polar surface area (TPSA) is 54.5 Å². The second-order valence-electron chi connectivity index (χ2n) is 7.34. The average molecular weight is 503 g/mol. The van der Waals surface area contributed by atoms with Crippen LogP contribution in [0.1, 0.15) is 29.2 Å². The number of hydrogen-bond acceptors (Lipinski definition) is 3. The SMILES string of the molecule is C=c1nc([NH-])/c(=C/c2ccc3c(cnn3Cc3ccc(C(F)(F)F)cc3C(C)(F)F)c2)s1.[K+]. The third kappa shape index (κ3) is 5.72. The van der Waals surface area contributed by atoms with Crippen LogP contribution < -0.4 is 60.6 Å². The van der Waals surface area contributed by atoms with Gasteiger partial charge < -0.3 is 10.7 Å². The van der Waals surface area contributed by atoms with Gasteiger partial charge in [0.05, 0.1) is 23.8 Å². The number of halogens is 5. The summed E-state index contributed by atoms with van der Waals surface area (Å²) < 4.78 is 69.9. The Balaban J connectivity index is 0.00000306. The molecule has 0 unspecified atom stereocenters. The first-order valence-corrected chi connectivity index (χ1v) is 10.2. The van der Waals surface area contributed by atoms with E-state index in [-0.39, 0.29) is 69.3 Å². The molecule has 4 rings (SSSR count). The van der Waals surface area contributed by atoms with Gasteiger partial charge in [0.1, 0.15) is 0 Å². The second kappa shape index (κ2) is 9.55. The molecule has 11 heteroatoms. The van der Waals surface area contributed by atoms with Gasteiger partial charge in [-0.3, -0.25) is 4.68 Å². The smallest absolute Gasteiger partial charge is 0.481 e. The summed E-state index contributed by atoms with van der Waals surface area (Å²) in [6, 6.07) is 7.72. The third-order valence-electron chi connectivity index (χ3n) is 4.89. The summed E-state index contributed by atoms with van der Waals surface area (Å²) in [6.07, 6.45) is -1.37. The molecule has 0 saturated carbocycles. The maximum absolute atomic E-state index is 14.1. The van der Waals surface area contributed by atoms with Crippen LogP contribution in [0, 0.1) is 0 Å². The average Bonchev–Trinajstić information content (AvgIpc) is 3.22. The van der Waals surface area contributed by atoms with E-state index in [1.54, 1.807) is 24.4 Å². The van der Waals surface area contributed by atoms with E-state index in [9.17, 15) is 22.0 Å². The van der Waals surface area contributed by atoms with Gasteiger partial charge in [-0.25, -0.2) is 8.78 Å². The predicted molar refractivity (Wildman–Crippen MR) is 114 cm³/mol. The fourth-order valence-corrected chi connectivity index (χ4v) is 4.14. The monoisotopic (exact) mass is 502 g/mol. The van der Waals surface area contributed by atoms with Crippen LogP contribution in [0.25, 0.3) is 29.3 Å². The van der Waals surface area contributed by atoms with Crippen molar-refractivity contribution in [1.29, 1.82) is 0 Å². The molecule has 2 aromatic heterocycles. The second-order valence-corrected chi connectivity index (χ2v) is 8.46. The van der Waals surface area contributed by atoms with Crippen LogP contribution in [0.2, 0.25) is 0 Å². The van der Waals surface area contributed by atoms with E-state index in [1.165, 1.54) is 16.0 Å². The van der Waals surface area contributed by atoms with E-state index < -0.39 is 23.2 Å². The Kier molecular flexibility index (Phi) is 7.52. The Morgan fingerprint density at radius 3 is 2.45 bits per heavy atom. The molecule has 166 valence electrons. The molecule has 0 amide bonds. The van der Waals surface area contributed by atoms with Crippen LogP contribution in [0.5, 0.6) is 0 Å². The van der Waals surface area contributed by atoms with Gasteiger partial charge in [0.15, 0.2) is 0 Å². The van der Waals surface area contributed by atoms with Crippen molar-refractivity contribution in [2.24, 2.45) is 0 Å². The molecule has 1 N–H and O–H groups in total. The van der Waals surface area contributed by atoms with Crippen LogP contribution >= 0.6 is 11.3 Å². The van der Waals surface area contributed by atoms with Gasteiger partial charge in [-0.1, -0.05) is 18.7 Å². The fraction of sp³-hybridized carbons (Fsp3) is 0.182. The summed E-state index contributed by atoms with van der Waals surface area (Å²) in [5, 5.41) is 4.96. The van der Waals surface area contributed by atoms with E-state index in [4.69, 9.17) is 5.73 Å². The normalized spacial score (nSPS) is 12.8. The van der Waals surface area contributed by atoms with E-state index in [2.05, 4.69) is 16.7 Å². The Hall–Kier alpha value is -1.63. The predicted octanol–water partition coefficient (Wildman–Crippen LogP) is 2.60. The molecule has 4 aromatic rings. The van der Waals surface area contributed by atoms with E-state index in [1.807, 2.05) is 6.07 Å². The molecule has 0 aliphatic carbocycles. The number of nitrogens with one attached hydrogen (secondary N) is 1. The zero-order valence-corrected chi connectivity index (χ0v) is 21.6. The molecule has 4 nitrogen and oxygen atoms in total. The van der Waals surface area contributed by atoms with Crippen molar-refractivity contribution in [3.8, 4) is 0 Å². The summed E-state index contributed by atoms with van der Waals surface area (Å²) in [5.74, 6) is -3.32. The molecule has 0 atom stereocenters. The minimum absolute atomic E-state index is 0. The molecule has 0 bridgehead atoms. The molecule has 0 aliphatic rings. The largest absolute Gasteiger partial charge is 1.00 e. The molecule has 2 heterocycles. The molecule has 0 fully saturated rings. The van der Waals surface area contributed by atoms with Crippen LogP contribution in [0.15, 0.2) is 42.6 Å². The number of fused-ring (bicyclic) bond motifs is 1. The third-order valence-corrected chi connectivity index (χ3v) is 5.75. The molecular formula is C22H16F5KN4S. The molecule has 0 radical (unpaired) electrons. The van der Waals surface area contributed by atoms with Crippen molar-refractivity contribution in [3.05, 3.63) is 79.8 Å². The zero-order chi connectivity index (χ0) is 23.3. The first-order valence-electron chi connectivity index (χ1n) is 9.35. The first-order chi connectivity index (χ1) is 14.9. The maximum Gasteiger partial charge on any atom is 1.00 e. The minimum atomic E-state index is -4.71. The summed E-state index contributed by atoms with van der Waals surface area (Å²) in [5.41, 5.74) is 7.52. The summed E-state index contributed by atoms with van der Waals surface area (Å²) >= 11 is 1.29. The van der Waals surface area contributed by atoms with Crippen molar-refractivity contribution in [1.82, 2.24) is 14.8 Å². The van der Waals surface area contributed by atoms with Gasteiger partial charge in [0.25, 0.3) is 5.92 Å². The number of nitrogens with zero attached hydrogens (tertiary/aromatic N) is 3.